The predicted octanol–water partition coefficient (Wildman–Crippen LogP) is 5.61. The van der Waals surface area contributed by atoms with Crippen LogP contribution in [0.3, 0.4) is 0 Å². The van der Waals surface area contributed by atoms with E-state index in [0.29, 0.717) is 17.5 Å². The summed E-state index contributed by atoms with van der Waals surface area (Å²) in [4.78, 5) is 25.1. The molecule has 8 heteroatoms. The van der Waals surface area contributed by atoms with Crippen molar-refractivity contribution in [1.82, 2.24) is 9.99 Å². The number of carbonyl (C=O) groups excluding carboxylic acids is 2. The quantitative estimate of drug-likeness (QED) is 0.320. The van der Waals surface area contributed by atoms with Crippen molar-refractivity contribution in [2.75, 3.05) is 11.9 Å². The molecule has 2 amide bonds. The Morgan fingerprint density at radius 1 is 1.18 bits per heavy atom. The summed E-state index contributed by atoms with van der Waals surface area (Å²) in [5, 5.41) is 8.30. The third-order valence-corrected chi connectivity index (χ3v) is 7.91. The largest absolute Gasteiger partial charge is 0.463 e. The van der Waals surface area contributed by atoms with E-state index < -0.39 is 6.03 Å². The monoisotopic (exact) mass is 480 g/mol. The van der Waals surface area contributed by atoms with Crippen LogP contribution >= 0.6 is 11.8 Å². The molecule has 1 saturated carbocycles. The topological polar surface area (TPSA) is 84.7 Å². The van der Waals surface area contributed by atoms with Crippen LogP contribution in [-0.2, 0) is 9.53 Å². The molecule has 4 rings (SSSR count). The molecule has 0 unspecified atom stereocenters. The van der Waals surface area contributed by atoms with Crippen molar-refractivity contribution >= 4 is 40.7 Å². The number of esters is 1. The third kappa shape index (κ3) is 5.06. The molecule has 0 radical (unpaired) electrons. The molecule has 2 atom stereocenters. The highest BCUT2D eigenvalue weighted by Crippen LogP contribution is 2.52. The number of rotatable bonds is 6. The highest BCUT2D eigenvalue weighted by atomic mass is 32.2. The number of hydrazone groups is 1. The fraction of sp³-hybridized carbons (Fsp3) is 0.423. The summed E-state index contributed by atoms with van der Waals surface area (Å²) in [5.74, 6) is 0.0508. The number of hydrogen-bond acceptors (Lipinski definition) is 5. The van der Waals surface area contributed by atoms with Gasteiger partial charge in [0.25, 0.3) is 0 Å². The molecular weight excluding hydrogens is 448 g/mol. The van der Waals surface area contributed by atoms with Crippen LogP contribution in [-0.4, -0.2) is 34.6 Å². The number of aromatic nitrogens is 1. The molecule has 2 aromatic rings. The lowest BCUT2D eigenvalue weighted by atomic mass is 9.84. The average molecular weight is 481 g/mol. The molecule has 1 aromatic carbocycles. The number of fused-ring (bicyclic) bond motifs is 1. The first kappa shape index (κ1) is 24.1. The Bertz CT molecular complexity index is 1130. The molecule has 34 heavy (non-hydrogen) atoms. The number of aryl methyl sites for hydroxylation is 2. The van der Waals surface area contributed by atoms with Gasteiger partial charge in [-0.25, -0.2) is 15.0 Å². The number of carbonyl (C=O) groups is 2. The minimum Gasteiger partial charge on any atom is -0.463 e. The van der Waals surface area contributed by atoms with Crippen molar-refractivity contribution in [2.24, 2.45) is 11.0 Å². The minimum atomic E-state index is -0.406. The molecule has 0 saturated heterocycles. The van der Waals surface area contributed by atoms with Crippen molar-refractivity contribution in [2.45, 2.75) is 58.6 Å². The van der Waals surface area contributed by atoms with E-state index in [4.69, 9.17) is 4.74 Å². The number of nitrogens with one attached hydrogen (secondary N) is 2. The van der Waals surface area contributed by atoms with Crippen molar-refractivity contribution in [3.8, 4) is 0 Å². The third-order valence-electron chi connectivity index (χ3n) is 6.41. The number of amides is 2. The lowest BCUT2D eigenvalue weighted by Crippen LogP contribution is -2.24. The number of ether oxygens (including phenoxy) is 1. The summed E-state index contributed by atoms with van der Waals surface area (Å²) in [6.45, 7) is 8.25. The van der Waals surface area contributed by atoms with Crippen LogP contribution in [0.25, 0.3) is 5.03 Å². The second-order valence-corrected chi connectivity index (χ2v) is 10.1. The number of nitrogens with zero attached hydrogens (tertiary/aromatic N) is 2. The maximum absolute atomic E-state index is 12.9. The number of anilines is 1. The Labute approximate surface area is 205 Å². The maximum atomic E-state index is 12.9. The van der Waals surface area contributed by atoms with Gasteiger partial charge in [0.1, 0.15) is 0 Å². The van der Waals surface area contributed by atoms with Gasteiger partial charge < -0.3 is 14.6 Å². The van der Waals surface area contributed by atoms with Gasteiger partial charge in [-0.2, -0.15) is 5.10 Å². The predicted molar refractivity (Wildman–Crippen MR) is 138 cm³/mol. The van der Waals surface area contributed by atoms with Gasteiger partial charge in [0, 0.05) is 33.8 Å². The molecule has 1 aliphatic heterocycles. The fourth-order valence-corrected chi connectivity index (χ4v) is 6.50. The van der Waals surface area contributed by atoms with Gasteiger partial charge in [-0.15, -0.1) is 11.8 Å². The first-order valence-electron chi connectivity index (χ1n) is 11.8. The van der Waals surface area contributed by atoms with Gasteiger partial charge in [0.05, 0.1) is 23.4 Å². The van der Waals surface area contributed by atoms with Crippen LogP contribution in [0, 0.1) is 26.7 Å². The summed E-state index contributed by atoms with van der Waals surface area (Å²) < 4.78 is 7.60. The first-order valence-corrected chi connectivity index (χ1v) is 12.7. The van der Waals surface area contributed by atoms with Gasteiger partial charge in [0.2, 0.25) is 0 Å². The highest BCUT2D eigenvalue weighted by molar-refractivity contribution is 8.08. The Morgan fingerprint density at radius 3 is 2.65 bits per heavy atom. The van der Waals surface area contributed by atoms with Gasteiger partial charge in [-0.3, -0.25) is 0 Å². The normalized spacial score (nSPS) is 19.9. The Kier molecular flexibility index (Phi) is 7.46. The van der Waals surface area contributed by atoms with Crippen LogP contribution < -0.4 is 10.7 Å². The van der Waals surface area contributed by atoms with Gasteiger partial charge in [-0.05, 0) is 58.7 Å². The Morgan fingerprint density at radius 2 is 1.91 bits per heavy atom. The second kappa shape index (κ2) is 10.5. The molecule has 1 aromatic heterocycles. The van der Waals surface area contributed by atoms with Crippen LogP contribution in [0.4, 0.5) is 10.5 Å². The average Bonchev–Trinajstić information content (AvgIpc) is 3.32. The number of urea groups is 1. The number of thioether (sulfide) groups is 1. The highest BCUT2D eigenvalue weighted by Gasteiger charge is 2.42. The lowest BCUT2D eigenvalue weighted by Gasteiger charge is -2.25. The van der Waals surface area contributed by atoms with E-state index in [-0.39, 0.29) is 11.9 Å². The lowest BCUT2D eigenvalue weighted by molar-refractivity contribution is -0.139. The number of hydrogen-bond donors (Lipinski definition) is 2. The van der Waals surface area contributed by atoms with Gasteiger partial charge in [-0.1, -0.05) is 30.5 Å². The molecule has 0 bridgehead atoms. The zero-order chi connectivity index (χ0) is 24.2. The molecule has 2 heterocycles. The zero-order valence-corrected chi connectivity index (χ0v) is 21.0. The fourth-order valence-electron chi connectivity index (χ4n) is 4.74. The van der Waals surface area contributed by atoms with Gasteiger partial charge >= 0.3 is 12.0 Å². The molecule has 2 N–H and O–H groups in total. The molecule has 1 fully saturated rings. The van der Waals surface area contributed by atoms with Gasteiger partial charge in [0.15, 0.2) is 0 Å². The summed E-state index contributed by atoms with van der Waals surface area (Å²) in [5.41, 5.74) is 8.05. The molecule has 7 nitrogen and oxygen atoms in total. The van der Waals surface area contributed by atoms with Crippen LogP contribution in [0.15, 0.2) is 41.0 Å². The van der Waals surface area contributed by atoms with Crippen molar-refractivity contribution in [3.63, 3.8) is 0 Å². The molecule has 180 valence electrons. The van der Waals surface area contributed by atoms with E-state index in [1.807, 2.05) is 58.0 Å². The maximum Gasteiger partial charge on any atom is 0.339 e. The van der Waals surface area contributed by atoms with E-state index in [0.717, 1.165) is 52.4 Å². The standard InChI is InChI=1S/C26H32N4O3S/c1-5-33-25(31)23-21-8-6-7-9-22(21)34-24(23)30-17(3)14-19(18(30)4)15-27-29-26(32)28-20-12-10-16(2)11-13-20/h10-15,21-22H,5-9H2,1-4H3,(H2,28,29,32)/b27-15-/t21-,22+/m1/s1. The van der Waals surface area contributed by atoms with E-state index in [9.17, 15) is 9.59 Å². The SMILES string of the molecule is CCOC(=O)C1=C(n2c(C)cc(/C=N\NC(=O)Nc3ccc(C)cc3)c2C)S[C@H]2CCCC[C@@H]12. The zero-order valence-electron chi connectivity index (χ0n) is 20.2. The Balaban J connectivity index is 1.54. The van der Waals surface area contributed by atoms with Crippen molar-refractivity contribution < 1.29 is 14.3 Å². The van der Waals surface area contributed by atoms with E-state index in [1.54, 1.807) is 18.0 Å². The summed E-state index contributed by atoms with van der Waals surface area (Å²) in [6, 6.07) is 9.18. The summed E-state index contributed by atoms with van der Waals surface area (Å²) >= 11 is 1.80. The van der Waals surface area contributed by atoms with Crippen molar-refractivity contribution in [1.29, 1.82) is 0 Å². The van der Waals surface area contributed by atoms with Crippen LogP contribution in [0.2, 0.25) is 0 Å². The molecule has 0 spiro atoms. The minimum absolute atomic E-state index is 0.198. The Hall–Kier alpha value is -3.00. The van der Waals surface area contributed by atoms with E-state index in [2.05, 4.69) is 20.4 Å². The van der Waals surface area contributed by atoms with E-state index in [1.165, 1.54) is 6.42 Å². The summed E-state index contributed by atoms with van der Waals surface area (Å²) in [7, 11) is 0. The molecule has 1 aliphatic carbocycles. The first-order chi connectivity index (χ1) is 16.4. The van der Waals surface area contributed by atoms with Crippen LogP contribution in [0.5, 0.6) is 0 Å². The smallest absolute Gasteiger partial charge is 0.339 e. The van der Waals surface area contributed by atoms with Crippen molar-refractivity contribution in [3.05, 3.63) is 58.4 Å². The molecule has 2 aliphatic rings. The van der Waals surface area contributed by atoms with Crippen LogP contribution in [0.1, 0.15) is 55.1 Å². The summed E-state index contributed by atoms with van der Waals surface area (Å²) in [6.07, 6.45) is 6.15. The number of benzene rings is 1. The van der Waals surface area contributed by atoms with E-state index >= 15 is 0 Å². The molecular formula is C26H32N4O3S. The second-order valence-electron chi connectivity index (χ2n) is 8.84.